The molecule has 4 rings (SSSR count). The first-order valence-electron chi connectivity index (χ1n) is 13.1. The van der Waals surface area contributed by atoms with E-state index in [4.69, 9.17) is 0 Å². The van der Waals surface area contributed by atoms with Crippen molar-refractivity contribution in [2.24, 2.45) is 0 Å². The molecule has 2 aliphatic heterocycles. The second kappa shape index (κ2) is 12.0. The fraction of sp³-hybridized carbons (Fsp3) is 0.462. The number of nitrogens with zero attached hydrogens (tertiary/aromatic N) is 2. The van der Waals surface area contributed by atoms with E-state index < -0.39 is 53.5 Å². The maximum absolute atomic E-state index is 13.8. The van der Waals surface area contributed by atoms with Crippen molar-refractivity contribution in [1.82, 2.24) is 19.8 Å². The number of hydrogen-bond acceptors (Lipinski definition) is 6. The first-order valence-corrected chi connectivity index (χ1v) is 16.1. The fourth-order valence-corrected chi connectivity index (χ4v) is 8.03. The molecule has 2 aromatic rings. The van der Waals surface area contributed by atoms with E-state index in [1.165, 1.54) is 34.1 Å². The standard InChI is InChI=1S/C26H31F3N4O6S2/c1-2-30-25(35)33-14-6-9-22(33)24(34)32-15-12-18(13-16-32)31-41(38,39)23-17-20(10-11-21(23)26(27,28)29)40(36,37)19-7-4-3-5-8-19/h3-5,7-8,10-11,17-18,22,31H,2,6,9,12-16H2,1H3,(H,30,35). The van der Waals surface area contributed by atoms with E-state index in [0.717, 1.165) is 6.07 Å². The summed E-state index contributed by atoms with van der Waals surface area (Å²) in [6, 6.07) is 6.94. The van der Waals surface area contributed by atoms with Gasteiger partial charge in [-0.25, -0.2) is 26.4 Å². The normalized spacial score (nSPS) is 18.9. The fourth-order valence-electron chi connectivity index (χ4n) is 5.09. The number of amides is 3. The van der Waals surface area contributed by atoms with Crippen LogP contribution in [-0.2, 0) is 30.8 Å². The van der Waals surface area contributed by atoms with Crippen molar-refractivity contribution in [1.29, 1.82) is 0 Å². The van der Waals surface area contributed by atoms with E-state index in [2.05, 4.69) is 10.0 Å². The lowest BCUT2D eigenvalue weighted by atomic mass is 10.0. The Hall–Kier alpha value is -3.17. The summed E-state index contributed by atoms with van der Waals surface area (Å²) >= 11 is 0. The molecule has 0 radical (unpaired) electrons. The third-order valence-electron chi connectivity index (χ3n) is 7.17. The number of likely N-dealkylation sites (tertiary alicyclic amines) is 2. The lowest BCUT2D eigenvalue weighted by molar-refractivity contribution is -0.140. The number of hydrogen-bond donors (Lipinski definition) is 2. The molecule has 2 N–H and O–H groups in total. The topological polar surface area (TPSA) is 133 Å². The lowest BCUT2D eigenvalue weighted by Gasteiger charge is -2.35. The maximum Gasteiger partial charge on any atom is 0.417 e. The number of alkyl halides is 3. The van der Waals surface area contributed by atoms with Gasteiger partial charge in [0.15, 0.2) is 0 Å². The Balaban J connectivity index is 1.51. The van der Waals surface area contributed by atoms with Crippen LogP contribution in [0.15, 0.2) is 63.2 Å². The Bertz CT molecular complexity index is 1490. The molecule has 0 bridgehead atoms. The SMILES string of the molecule is CCNC(=O)N1CCCC1C(=O)N1CCC(NS(=O)(=O)c2cc(S(=O)(=O)c3ccccc3)ccc2C(F)(F)F)CC1. The highest BCUT2D eigenvalue weighted by molar-refractivity contribution is 7.91. The van der Waals surface area contributed by atoms with Crippen LogP contribution in [0.3, 0.4) is 0 Å². The molecule has 41 heavy (non-hydrogen) atoms. The van der Waals surface area contributed by atoms with Gasteiger partial charge in [-0.05, 0) is 62.9 Å². The molecule has 224 valence electrons. The van der Waals surface area contributed by atoms with Crippen molar-refractivity contribution in [2.45, 2.75) is 65.6 Å². The number of sulfone groups is 1. The first kappa shape index (κ1) is 30.8. The molecule has 1 unspecified atom stereocenters. The van der Waals surface area contributed by atoms with Crippen LogP contribution in [0.2, 0.25) is 0 Å². The van der Waals surface area contributed by atoms with Crippen molar-refractivity contribution in [2.75, 3.05) is 26.2 Å². The molecule has 0 spiro atoms. The van der Waals surface area contributed by atoms with Crippen LogP contribution in [0, 0.1) is 0 Å². The number of sulfonamides is 1. The van der Waals surface area contributed by atoms with Gasteiger partial charge >= 0.3 is 12.2 Å². The van der Waals surface area contributed by atoms with E-state index in [-0.39, 0.29) is 42.8 Å². The van der Waals surface area contributed by atoms with Crippen molar-refractivity contribution < 1.29 is 39.6 Å². The summed E-state index contributed by atoms with van der Waals surface area (Å²) in [4.78, 5) is 26.5. The molecule has 2 heterocycles. The maximum atomic E-state index is 13.8. The second-order valence-electron chi connectivity index (χ2n) is 9.88. The molecule has 15 heteroatoms. The molecule has 10 nitrogen and oxygen atoms in total. The number of nitrogens with one attached hydrogen (secondary N) is 2. The molecule has 0 aliphatic carbocycles. The Labute approximate surface area is 236 Å². The van der Waals surface area contributed by atoms with Gasteiger partial charge in [-0.1, -0.05) is 18.2 Å². The minimum absolute atomic E-state index is 0.127. The number of halogens is 3. The minimum atomic E-state index is -5.06. The zero-order chi connectivity index (χ0) is 30.0. The van der Waals surface area contributed by atoms with Gasteiger partial charge in [-0.2, -0.15) is 13.2 Å². The number of carbonyl (C=O) groups excluding carboxylic acids is 2. The summed E-state index contributed by atoms with van der Waals surface area (Å²) in [7, 11) is -9.11. The van der Waals surface area contributed by atoms with Crippen LogP contribution in [0.4, 0.5) is 18.0 Å². The lowest BCUT2D eigenvalue weighted by Crippen LogP contribution is -2.54. The van der Waals surface area contributed by atoms with Crippen molar-refractivity contribution >= 4 is 31.8 Å². The minimum Gasteiger partial charge on any atom is -0.341 e. The third kappa shape index (κ3) is 6.67. The zero-order valence-corrected chi connectivity index (χ0v) is 23.9. The smallest absolute Gasteiger partial charge is 0.341 e. The van der Waals surface area contributed by atoms with Crippen LogP contribution in [0.25, 0.3) is 0 Å². The Morgan fingerprint density at radius 3 is 2.20 bits per heavy atom. The molecule has 0 saturated carbocycles. The second-order valence-corrected chi connectivity index (χ2v) is 13.5. The summed E-state index contributed by atoms with van der Waals surface area (Å²) in [5, 5.41) is 2.68. The van der Waals surface area contributed by atoms with Crippen molar-refractivity contribution in [3.05, 3.63) is 54.1 Å². The molecule has 2 aromatic carbocycles. The van der Waals surface area contributed by atoms with Gasteiger partial charge in [0.25, 0.3) is 0 Å². The predicted molar refractivity (Wildman–Crippen MR) is 142 cm³/mol. The van der Waals surface area contributed by atoms with E-state index in [0.29, 0.717) is 38.1 Å². The number of rotatable bonds is 7. The van der Waals surface area contributed by atoms with Gasteiger partial charge in [0.2, 0.25) is 25.8 Å². The molecule has 2 aliphatic rings. The van der Waals surface area contributed by atoms with Gasteiger partial charge < -0.3 is 15.1 Å². The van der Waals surface area contributed by atoms with Crippen LogP contribution in [0.1, 0.15) is 38.2 Å². The number of benzene rings is 2. The van der Waals surface area contributed by atoms with Gasteiger partial charge in [0.1, 0.15) is 6.04 Å². The Morgan fingerprint density at radius 1 is 0.927 bits per heavy atom. The van der Waals surface area contributed by atoms with Crippen molar-refractivity contribution in [3.63, 3.8) is 0 Å². The summed E-state index contributed by atoms with van der Waals surface area (Å²) in [6.45, 7) is 2.91. The summed E-state index contributed by atoms with van der Waals surface area (Å²) in [5.41, 5.74) is -1.49. The Kier molecular flexibility index (Phi) is 8.99. The Morgan fingerprint density at radius 2 is 1.59 bits per heavy atom. The average Bonchev–Trinajstić information content (AvgIpc) is 3.43. The van der Waals surface area contributed by atoms with Crippen molar-refractivity contribution in [3.8, 4) is 0 Å². The molecular formula is C26H31F3N4O6S2. The third-order valence-corrected chi connectivity index (χ3v) is 10.5. The molecule has 2 fully saturated rings. The highest BCUT2D eigenvalue weighted by Gasteiger charge is 2.40. The number of carbonyl (C=O) groups is 2. The zero-order valence-electron chi connectivity index (χ0n) is 22.2. The van der Waals surface area contributed by atoms with E-state index in [1.807, 2.05) is 0 Å². The van der Waals surface area contributed by atoms with E-state index in [9.17, 15) is 39.6 Å². The number of urea groups is 1. The van der Waals surface area contributed by atoms with Crippen LogP contribution in [0.5, 0.6) is 0 Å². The molecule has 0 aromatic heterocycles. The quantitative estimate of drug-likeness (QED) is 0.492. The molecule has 1 atom stereocenters. The summed E-state index contributed by atoms with van der Waals surface area (Å²) in [5.74, 6) is -0.256. The summed E-state index contributed by atoms with van der Waals surface area (Å²) < 4.78 is 96.2. The molecule has 3 amide bonds. The summed E-state index contributed by atoms with van der Waals surface area (Å²) in [6.07, 6.45) is -3.63. The molecular weight excluding hydrogens is 585 g/mol. The van der Waals surface area contributed by atoms with Crippen LogP contribution < -0.4 is 10.0 Å². The predicted octanol–water partition coefficient (Wildman–Crippen LogP) is 3.00. The van der Waals surface area contributed by atoms with Crippen LogP contribution in [-0.4, -0.2) is 76.8 Å². The average molecular weight is 617 g/mol. The van der Waals surface area contributed by atoms with Gasteiger partial charge in [-0.15, -0.1) is 0 Å². The highest BCUT2D eigenvalue weighted by atomic mass is 32.2. The number of piperidine rings is 1. The largest absolute Gasteiger partial charge is 0.417 e. The monoisotopic (exact) mass is 616 g/mol. The van der Waals surface area contributed by atoms with E-state index >= 15 is 0 Å². The first-order chi connectivity index (χ1) is 19.3. The van der Waals surface area contributed by atoms with Gasteiger partial charge in [0.05, 0.1) is 20.2 Å². The highest BCUT2D eigenvalue weighted by Crippen LogP contribution is 2.36. The molecule has 2 saturated heterocycles. The van der Waals surface area contributed by atoms with Crippen LogP contribution >= 0.6 is 0 Å². The van der Waals surface area contributed by atoms with Gasteiger partial charge in [-0.3, -0.25) is 4.79 Å². The van der Waals surface area contributed by atoms with Gasteiger partial charge in [0, 0.05) is 32.2 Å². The van der Waals surface area contributed by atoms with E-state index in [1.54, 1.807) is 13.0 Å².